The van der Waals surface area contributed by atoms with Crippen LogP contribution < -0.4 is 18.9 Å². The van der Waals surface area contributed by atoms with E-state index in [1.165, 1.54) is 0 Å². The summed E-state index contributed by atoms with van der Waals surface area (Å²) in [4.78, 5) is 0. The normalized spacial score (nSPS) is 10.3. The Morgan fingerprint density at radius 3 is 1.70 bits per heavy atom. The second-order valence-electron chi connectivity index (χ2n) is 4.42. The SMILES string of the molecule is COc1c(C)c(CCCCO)c(OC)c(OC)c1OC. The molecule has 114 valence electrons. The predicted octanol–water partition coefficient (Wildman–Crippen LogP) is 2.34. The number of aliphatic hydroxyl groups is 1. The van der Waals surface area contributed by atoms with Gasteiger partial charge in [-0.3, -0.25) is 0 Å². The van der Waals surface area contributed by atoms with Crippen molar-refractivity contribution in [2.75, 3.05) is 35.0 Å². The minimum atomic E-state index is 0.186. The van der Waals surface area contributed by atoms with Gasteiger partial charge < -0.3 is 24.1 Å². The molecule has 0 unspecified atom stereocenters. The maximum Gasteiger partial charge on any atom is 0.207 e. The molecule has 0 radical (unpaired) electrons. The molecule has 1 aromatic rings. The fraction of sp³-hybridized carbons (Fsp3) is 0.600. The van der Waals surface area contributed by atoms with Gasteiger partial charge >= 0.3 is 0 Å². The summed E-state index contributed by atoms with van der Waals surface area (Å²) in [6, 6.07) is 0. The van der Waals surface area contributed by atoms with E-state index < -0.39 is 0 Å². The van der Waals surface area contributed by atoms with Crippen LogP contribution in [0.25, 0.3) is 0 Å². The second-order valence-corrected chi connectivity index (χ2v) is 4.42. The van der Waals surface area contributed by atoms with Crippen molar-refractivity contribution in [2.24, 2.45) is 0 Å². The van der Waals surface area contributed by atoms with Gasteiger partial charge in [0.15, 0.2) is 11.5 Å². The van der Waals surface area contributed by atoms with Gasteiger partial charge in [-0.1, -0.05) is 0 Å². The highest BCUT2D eigenvalue weighted by Gasteiger charge is 2.24. The molecule has 0 spiro atoms. The average Bonchev–Trinajstić information content (AvgIpc) is 2.47. The van der Waals surface area contributed by atoms with E-state index in [4.69, 9.17) is 24.1 Å². The van der Waals surface area contributed by atoms with Crippen LogP contribution in [0.2, 0.25) is 0 Å². The lowest BCUT2D eigenvalue weighted by Crippen LogP contribution is -2.05. The molecule has 0 fully saturated rings. The molecule has 0 aromatic heterocycles. The summed E-state index contributed by atoms with van der Waals surface area (Å²) in [5.74, 6) is 2.40. The molecular formula is C15H24O5. The third-order valence-electron chi connectivity index (χ3n) is 3.34. The van der Waals surface area contributed by atoms with Crippen LogP contribution in [-0.4, -0.2) is 40.2 Å². The number of unbranched alkanes of at least 4 members (excludes halogenated alkanes) is 1. The Labute approximate surface area is 120 Å². The quantitative estimate of drug-likeness (QED) is 0.743. The molecule has 0 aliphatic carbocycles. The van der Waals surface area contributed by atoms with Crippen LogP contribution >= 0.6 is 0 Å². The molecule has 1 N–H and O–H groups in total. The zero-order chi connectivity index (χ0) is 15.1. The largest absolute Gasteiger partial charge is 0.492 e. The topological polar surface area (TPSA) is 57.2 Å². The van der Waals surface area contributed by atoms with Crippen LogP contribution in [0.4, 0.5) is 0 Å². The zero-order valence-corrected chi connectivity index (χ0v) is 12.9. The van der Waals surface area contributed by atoms with Gasteiger partial charge in [-0.2, -0.15) is 0 Å². The van der Waals surface area contributed by atoms with E-state index in [0.717, 1.165) is 30.4 Å². The zero-order valence-electron chi connectivity index (χ0n) is 12.9. The lowest BCUT2D eigenvalue weighted by Gasteiger charge is -2.21. The van der Waals surface area contributed by atoms with Crippen LogP contribution in [0.15, 0.2) is 0 Å². The van der Waals surface area contributed by atoms with E-state index in [-0.39, 0.29) is 6.61 Å². The first-order chi connectivity index (χ1) is 9.65. The van der Waals surface area contributed by atoms with Gasteiger partial charge in [-0.05, 0) is 26.2 Å². The molecule has 0 bridgehead atoms. The molecular weight excluding hydrogens is 260 g/mol. The van der Waals surface area contributed by atoms with E-state index in [0.29, 0.717) is 23.0 Å². The van der Waals surface area contributed by atoms with Crippen molar-refractivity contribution in [3.63, 3.8) is 0 Å². The summed E-state index contributed by atoms with van der Waals surface area (Å²) in [7, 11) is 6.37. The highest BCUT2D eigenvalue weighted by Crippen LogP contribution is 2.49. The highest BCUT2D eigenvalue weighted by atomic mass is 16.5. The van der Waals surface area contributed by atoms with E-state index in [1.54, 1.807) is 28.4 Å². The summed E-state index contributed by atoms with van der Waals surface area (Å²) < 4.78 is 21.8. The van der Waals surface area contributed by atoms with Crippen molar-refractivity contribution >= 4 is 0 Å². The van der Waals surface area contributed by atoms with E-state index in [1.807, 2.05) is 6.92 Å². The van der Waals surface area contributed by atoms with Crippen molar-refractivity contribution in [3.8, 4) is 23.0 Å². The van der Waals surface area contributed by atoms with Crippen LogP contribution in [0, 0.1) is 6.92 Å². The first kappa shape index (κ1) is 16.4. The second kappa shape index (κ2) is 7.85. The molecule has 20 heavy (non-hydrogen) atoms. The standard InChI is InChI=1S/C15H24O5/c1-10-11(8-6-7-9-16)13(18-3)15(20-5)14(19-4)12(10)17-2/h16H,6-9H2,1-5H3. The minimum absolute atomic E-state index is 0.186. The van der Waals surface area contributed by atoms with Gasteiger partial charge in [-0.15, -0.1) is 0 Å². The maximum absolute atomic E-state index is 8.92. The van der Waals surface area contributed by atoms with Gasteiger partial charge in [-0.25, -0.2) is 0 Å². The van der Waals surface area contributed by atoms with Crippen LogP contribution in [-0.2, 0) is 6.42 Å². The Balaban J connectivity index is 3.40. The number of hydrogen-bond acceptors (Lipinski definition) is 5. The van der Waals surface area contributed by atoms with Gasteiger partial charge in [0.25, 0.3) is 0 Å². The molecule has 0 aliphatic heterocycles. The number of benzene rings is 1. The average molecular weight is 284 g/mol. The number of aliphatic hydroxyl groups excluding tert-OH is 1. The first-order valence-electron chi connectivity index (χ1n) is 6.62. The Bertz CT molecular complexity index is 443. The molecule has 0 heterocycles. The van der Waals surface area contributed by atoms with Gasteiger partial charge in [0, 0.05) is 17.7 Å². The van der Waals surface area contributed by atoms with Crippen molar-refractivity contribution < 1.29 is 24.1 Å². The fourth-order valence-corrected chi connectivity index (χ4v) is 2.37. The monoisotopic (exact) mass is 284 g/mol. The number of hydrogen-bond donors (Lipinski definition) is 1. The molecule has 0 amide bonds. The van der Waals surface area contributed by atoms with E-state index in [9.17, 15) is 0 Å². The smallest absolute Gasteiger partial charge is 0.207 e. The van der Waals surface area contributed by atoms with Crippen molar-refractivity contribution in [3.05, 3.63) is 11.1 Å². The Hall–Kier alpha value is -1.62. The molecule has 0 saturated heterocycles. The summed E-state index contributed by atoms with van der Waals surface area (Å²) in [6.07, 6.45) is 2.40. The lowest BCUT2D eigenvalue weighted by molar-refractivity contribution is 0.283. The number of ether oxygens (including phenoxy) is 4. The molecule has 1 rings (SSSR count). The Kier molecular flexibility index (Phi) is 6.45. The summed E-state index contributed by atoms with van der Waals surface area (Å²) >= 11 is 0. The fourth-order valence-electron chi connectivity index (χ4n) is 2.37. The highest BCUT2D eigenvalue weighted by molar-refractivity contribution is 5.66. The summed E-state index contributed by atoms with van der Waals surface area (Å²) in [5, 5.41) is 8.92. The van der Waals surface area contributed by atoms with E-state index in [2.05, 4.69) is 0 Å². The molecule has 5 nitrogen and oxygen atoms in total. The van der Waals surface area contributed by atoms with Gasteiger partial charge in [0.2, 0.25) is 11.5 Å². The molecule has 1 aromatic carbocycles. The Morgan fingerprint density at radius 2 is 1.25 bits per heavy atom. The minimum Gasteiger partial charge on any atom is -0.492 e. The molecule has 5 heteroatoms. The van der Waals surface area contributed by atoms with Crippen molar-refractivity contribution in [1.29, 1.82) is 0 Å². The third-order valence-corrected chi connectivity index (χ3v) is 3.34. The molecule has 0 aliphatic rings. The molecule has 0 saturated carbocycles. The molecule has 0 atom stereocenters. The van der Waals surface area contributed by atoms with E-state index >= 15 is 0 Å². The van der Waals surface area contributed by atoms with Gasteiger partial charge in [0.1, 0.15) is 0 Å². The third kappa shape index (κ3) is 3.10. The summed E-state index contributed by atoms with van der Waals surface area (Å²) in [5.41, 5.74) is 2.00. The van der Waals surface area contributed by atoms with Crippen molar-refractivity contribution in [1.82, 2.24) is 0 Å². The van der Waals surface area contributed by atoms with Crippen LogP contribution in [0.3, 0.4) is 0 Å². The van der Waals surface area contributed by atoms with Crippen LogP contribution in [0.5, 0.6) is 23.0 Å². The predicted molar refractivity (Wildman–Crippen MR) is 77.4 cm³/mol. The Morgan fingerprint density at radius 1 is 0.750 bits per heavy atom. The number of methoxy groups -OCH3 is 4. The first-order valence-corrected chi connectivity index (χ1v) is 6.62. The number of rotatable bonds is 8. The van der Waals surface area contributed by atoms with Gasteiger partial charge in [0.05, 0.1) is 28.4 Å². The summed E-state index contributed by atoms with van der Waals surface area (Å²) in [6.45, 7) is 2.16. The van der Waals surface area contributed by atoms with Crippen LogP contribution in [0.1, 0.15) is 24.0 Å². The van der Waals surface area contributed by atoms with Crippen molar-refractivity contribution in [2.45, 2.75) is 26.2 Å². The maximum atomic E-state index is 8.92. The lowest BCUT2D eigenvalue weighted by atomic mass is 9.99.